The predicted octanol–water partition coefficient (Wildman–Crippen LogP) is 5.50. The predicted molar refractivity (Wildman–Crippen MR) is 105 cm³/mol. The van der Waals surface area contributed by atoms with Crippen LogP contribution in [0.3, 0.4) is 0 Å². The molecule has 0 unspecified atom stereocenters. The maximum absolute atomic E-state index is 12.4. The number of thiazole rings is 1. The van der Waals surface area contributed by atoms with Gasteiger partial charge in [-0.2, -0.15) is 0 Å². The number of anilines is 2. The number of ether oxygens (including phenoxy) is 1. The molecule has 1 fully saturated rings. The Hall–Kier alpha value is -2.33. The van der Waals surface area contributed by atoms with Crippen molar-refractivity contribution >= 4 is 48.9 Å². The van der Waals surface area contributed by atoms with Crippen molar-refractivity contribution in [3.63, 3.8) is 0 Å². The van der Waals surface area contributed by atoms with Gasteiger partial charge in [0.2, 0.25) is 0 Å². The minimum atomic E-state index is -4.74. The molecule has 0 saturated carbocycles. The summed E-state index contributed by atoms with van der Waals surface area (Å²) in [5.41, 5.74) is 1.19. The number of amides is 1. The number of alkyl halides is 3. The Morgan fingerprint density at radius 3 is 2.46 bits per heavy atom. The highest BCUT2D eigenvalue weighted by molar-refractivity contribution is 7.40. The van der Waals surface area contributed by atoms with Crippen LogP contribution in [0.15, 0.2) is 30.3 Å². The zero-order chi connectivity index (χ0) is 19.7. The molecule has 148 valence electrons. The van der Waals surface area contributed by atoms with Crippen LogP contribution in [0.1, 0.15) is 28.9 Å². The highest BCUT2D eigenvalue weighted by Crippen LogP contribution is 2.36. The summed E-state index contributed by atoms with van der Waals surface area (Å²) in [6, 6.07) is 6.79. The number of nitrogens with zero attached hydrogens (tertiary/aromatic N) is 2. The number of fused-ring (bicyclic) bond motifs is 1. The molecule has 2 aromatic heterocycles. The largest absolute Gasteiger partial charge is 0.573 e. The third-order valence-corrected chi connectivity index (χ3v) is 6.62. The van der Waals surface area contributed by atoms with Gasteiger partial charge in [-0.3, -0.25) is 4.79 Å². The summed E-state index contributed by atoms with van der Waals surface area (Å²) in [6.07, 6.45) is -1.14. The van der Waals surface area contributed by atoms with E-state index in [1.165, 1.54) is 42.7 Å². The summed E-state index contributed by atoms with van der Waals surface area (Å²) in [6.45, 7) is 2.03. The normalized spacial score (nSPS) is 15.0. The summed E-state index contributed by atoms with van der Waals surface area (Å²) in [5.74, 6) is -0.657. The fourth-order valence-electron chi connectivity index (χ4n) is 2.99. The third-order valence-electron chi connectivity index (χ3n) is 4.28. The van der Waals surface area contributed by atoms with Crippen molar-refractivity contribution in [2.24, 2.45) is 0 Å². The van der Waals surface area contributed by atoms with Crippen LogP contribution < -0.4 is 15.0 Å². The molecule has 4 rings (SSSR count). The van der Waals surface area contributed by atoms with Crippen molar-refractivity contribution in [1.82, 2.24) is 4.98 Å². The molecule has 28 heavy (non-hydrogen) atoms. The van der Waals surface area contributed by atoms with E-state index in [-0.39, 0.29) is 11.7 Å². The van der Waals surface area contributed by atoms with Gasteiger partial charge < -0.3 is 15.0 Å². The molecule has 1 aliphatic rings. The molecule has 5 nitrogen and oxygen atoms in total. The summed E-state index contributed by atoms with van der Waals surface area (Å²) < 4.78 is 41.4. The molecule has 0 radical (unpaired) electrons. The Morgan fingerprint density at radius 2 is 1.82 bits per heavy atom. The number of carbonyl (C=O) groups excluding carboxylic acids is 1. The summed E-state index contributed by atoms with van der Waals surface area (Å²) in [4.78, 5) is 19.9. The summed E-state index contributed by atoms with van der Waals surface area (Å²) in [5, 5.41) is 3.67. The van der Waals surface area contributed by atoms with Gasteiger partial charge in [0.25, 0.3) is 5.91 Å². The van der Waals surface area contributed by atoms with Crippen LogP contribution in [0.5, 0.6) is 5.75 Å². The number of hydrogen-bond acceptors (Lipinski definition) is 6. The van der Waals surface area contributed by atoms with Crippen LogP contribution >= 0.6 is 22.7 Å². The molecular weight excluding hydrogens is 411 g/mol. The first-order valence-corrected chi connectivity index (χ1v) is 10.3. The van der Waals surface area contributed by atoms with E-state index >= 15 is 0 Å². The maximum atomic E-state index is 12.4. The molecule has 1 amide bonds. The molecule has 1 aromatic carbocycles. The molecule has 1 N–H and O–H groups in total. The van der Waals surface area contributed by atoms with Gasteiger partial charge in [0.05, 0.1) is 10.4 Å². The Morgan fingerprint density at radius 1 is 1.11 bits per heavy atom. The van der Waals surface area contributed by atoms with E-state index in [2.05, 4.69) is 19.9 Å². The number of benzene rings is 1. The second-order valence-corrected chi connectivity index (χ2v) is 8.64. The number of hydrogen-bond donors (Lipinski definition) is 1. The van der Waals surface area contributed by atoms with Gasteiger partial charge in [-0.1, -0.05) is 11.3 Å². The van der Waals surface area contributed by atoms with E-state index in [4.69, 9.17) is 0 Å². The first kappa shape index (κ1) is 19.0. The maximum Gasteiger partial charge on any atom is 0.573 e. The van der Waals surface area contributed by atoms with E-state index in [0.717, 1.165) is 39.9 Å². The zero-order valence-electron chi connectivity index (χ0n) is 14.6. The topological polar surface area (TPSA) is 54.5 Å². The first-order valence-electron chi connectivity index (χ1n) is 8.70. The summed E-state index contributed by atoms with van der Waals surface area (Å²) in [7, 11) is 0. The van der Waals surface area contributed by atoms with Crippen molar-refractivity contribution < 1.29 is 22.7 Å². The lowest BCUT2D eigenvalue weighted by atomic mass is 10.1. The fourth-order valence-corrected chi connectivity index (χ4v) is 5.20. The number of piperidine rings is 1. The van der Waals surface area contributed by atoms with Crippen LogP contribution in [-0.2, 0) is 0 Å². The quantitative estimate of drug-likeness (QED) is 0.598. The number of carbonyl (C=O) groups is 1. The standard InChI is InChI=1S/C18H16F3N3O2S2/c19-18(20,21)26-12-6-4-11(5-7-12)22-15(25)14-10-13-16(27-14)28-17(23-13)24-8-2-1-3-9-24/h4-7,10H,1-3,8-9H2,(H,22,25). The van der Waals surface area contributed by atoms with Crippen LogP contribution in [0.2, 0.25) is 0 Å². The van der Waals surface area contributed by atoms with Crippen LogP contribution in [0, 0.1) is 0 Å². The molecule has 0 aliphatic carbocycles. The molecule has 0 atom stereocenters. The van der Waals surface area contributed by atoms with E-state index in [9.17, 15) is 18.0 Å². The summed E-state index contributed by atoms with van der Waals surface area (Å²) >= 11 is 2.95. The first-order chi connectivity index (χ1) is 13.4. The number of halogens is 3. The van der Waals surface area contributed by atoms with Gasteiger partial charge in [0, 0.05) is 18.8 Å². The van der Waals surface area contributed by atoms with Gasteiger partial charge in [-0.05, 0) is 49.6 Å². The molecule has 3 heterocycles. The smallest absolute Gasteiger partial charge is 0.406 e. The van der Waals surface area contributed by atoms with Gasteiger partial charge in [-0.25, -0.2) is 4.98 Å². The van der Waals surface area contributed by atoms with E-state index in [1.54, 1.807) is 17.4 Å². The highest BCUT2D eigenvalue weighted by Gasteiger charge is 2.31. The second kappa shape index (κ2) is 7.59. The molecule has 1 saturated heterocycles. The zero-order valence-corrected chi connectivity index (χ0v) is 16.2. The number of rotatable bonds is 4. The van der Waals surface area contributed by atoms with Gasteiger partial charge in [-0.15, -0.1) is 24.5 Å². The molecule has 1 aliphatic heterocycles. The second-order valence-electron chi connectivity index (χ2n) is 6.35. The van der Waals surface area contributed by atoms with Crippen molar-refractivity contribution in [1.29, 1.82) is 0 Å². The van der Waals surface area contributed by atoms with E-state index in [0.29, 0.717) is 10.6 Å². The van der Waals surface area contributed by atoms with Crippen LogP contribution in [0.4, 0.5) is 24.0 Å². The Labute approximate surface area is 166 Å². The average molecular weight is 427 g/mol. The molecule has 0 spiro atoms. The lowest BCUT2D eigenvalue weighted by Crippen LogP contribution is -2.29. The molecule has 0 bridgehead atoms. The van der Waals surface area contributed by atoms with E-state index < -0.39 is 6.36 Å². The van der Waals surface area contributed by atoms with Crippen molar-refractivity contribution in [3.8, 4) is 5.75 Å². The Kier molecular flexibility index (Phi) is 5.15. The molecular formula is C18H16F3N3O2S2. The number of nitrogens with one attached hydrogen (secondary N) is 1. The number of aromatic nitrogens is 1. The highest BCUT2D eigenvalue weighted by atomic mass is 32.2. The van der Waals surface area contributed by atoms with Crippen molar-refractivity contribution in [3.05, 3.63) is 35.2 Å². The lowest BCUT2D eigenvalue weighted by molar-refractivity contribution is -0.274. The minimum Gasteiger partial charge on any atom is -0.406 e. The van der Waals surface area contributed by atoms with Crippen molar-refractivity contribution in [2.45, 2.75) is 25.6 Å². The Bertz CT molecular complexity index is 945. The molecule has 10 heteroatoms. The van der Waals surface area contributed by atoms with E-state index in [1.807, 2.05) is 0 Å². The van der Waals surface area contributed by atoms with Crippen LogP contribution in [0.25, 0.3) is 9.53 Å². The van der Waals surface area contributed by atoms with Gasteiger partial charge >= 0.3 is 6.36 Å². The third kappa shape index (κ3) is 4.39. The number of thiophene rings is 1. The lowest BCUT2D eigenvalue weighted by Gasteiger charge is -2.25. The minimum absolute atomic E-state index is 0.320. The van der Waals surface area contributed by atoms with Gasteiger partial charge in [0.15, 0.2) is 5.13 Å². The fraction of sp³-hybridized carbons (Fsp3) is 0.333. The monoisotopic (exact) mass is 427 g/mol. The van der Waals surface area contributed by atoms with Crippen LogP contribution in [-0.4, -0.2) is 30.3 Å². The Balaban J connectivity index is 1.43. The SMILES string of the molecule is O=C(Nc1ccc(OC(F)(F)F)cc1)c1cc2nc(N3CCCCC3)sc2s1. The average Bonchev–Trinajstić information content (AvgIpc) is 3.22. The molecule has 3 aromatic rings. The van der Waals surface area contributed by atoms with Crippen molar-refractivity contribution in [2.75, 3.05) is 23.3 Å². The van der Waals surface area contributed by atoms with Gasteiger partial charge in [0.1, 0.15) is 9.76 Å².